The fourth-order valence-corrected chi connectivity index (χ4v) is 3.11. The summed E-state index contributed by atoms with van der Waals surface area (Å²) in [5.41, 5.74) is 2.57. The third-order valence-electron chi connectivity index (χ3n) is 4.48. The first-order valence-electron chi connectivity index (χ1n) is 8.31. The van der Waals surface area contributed by atoms with Crippen molar-refractivity contribution in [2.75, 3.05) is 31.1 Å². The number of nitrogens with zero attached hydrogens (tertiary/aromatic N) is 7. The van der Waals surface area contributed by atoms with Crippen LogP contribution in [0.1, 0.15) is 12.5 Å². The zero-order chi connectivity index (χ0) is 17.2. The lowest BCUT2D eigenvalue weighted by Gasteiger charge is -2.34. The Kier molecular flexibility index (Phi) is 4.01. The second-order valence-corrected chi connectivity index (χ2v) is 6.10. The Morgan fingerprint density at radius 3 is 2.56 bits per heavy atom. The summed E-state index contributed by atoms with van der Waals surface area (Å²) in [6.45, 7) is 5.08. The van der Waals surface area contributed by atoms with E-state index in [1.807, 2.05) is 23.1 Å². The lowest BCUT2D eigenvalue weighted by atomic mass is 10.2. The van der Waals surface area contributed by atoms with E-state index in [2.05, 4.69) is 37.3 Å². The highest BCUT2D eigenvalue weighted by Gasteiger charge is 2.23. The lowest BCUT2D eigenvalue weighted by Crippen LogP contribution is -2.48. The van der Waals surface area contributed by atoms with Crippen LogP contribution in [0.3, 0.4) is 0 Å². The summed E-state index contributed by atoms with van der Waals surface area (Å²) in [6.07, 6.45) is 1.56. The number of aromatic nitrogens is 5. The Bertz CT molecular complexity index is 884. The molecule has 1 amide bonds. The maximum Gasteiger partial charge on any atom is 0.219 e. The molecule has 1 aliphatic heterocycles. The predicted molar refractivity (Wildman–Crippen MR) is 93.1 cm³/mol. The van der Waals surface area contributed by atoms with Crippen molar-refractivity contribution in [3.8, 4) is 0 Å². The van der Waals surface area contributed by atoms with Crippen LogP contribution in [0, 0.1) is 0 Å². The minimum absolute atomic E-state index is 0.112. The Morgan fingerprint density at radius 1 is 1.08 bits per heavy atom. The van der Waals surface area contributed by atoms with Gasteiger partial charge in [-0.3, -0.25) is 4.79 Å². The van der Waals surface area contributed by atoms with Gasteiger partial charge in [0.2, 0.25) is 5.91 Å². The molecular weight excluding hydrogens is 318 g/mol. The van der Waals surface area contributed by atoms with Gasteiger partial charge in [-0.1, -0.05) is 35.5 Å². The molecule has 3 heterocycles. The van der Waals surface area contributed by atoms with Gasteiger partial charge in [0, 0.05) is 33.1 Å². The fraction of sp³-hybridized carbons (Fsp3) is 0.353. The Labute approximate surface area is 145 Å². The number of hydrogen-bond donors (Lipinski definition) is 0. The summed E-state index contributed by atoms with van der Waals surface area (Å²) in [6, 6.07) is 10.1. The number of anilines is 1. The topological polar surface area (TPSA) is 80.0 Å². The molecule has 0 radical (unpaired) electrons. The molecule has 1 aliphatic rings. The molecule has 8 heteroatoms. The number of fused-ring (bicyclic) bond motifs is 1. The van der Waals surface area contributed by atoms with Crippen LogP contribution in [0.5, 0.6) is 0 Å². The van der Waals surface area contributed by atoms with E-state index in [1.54, 1.807) is 17.9 Å². The van der Waals surface area contributed by atoms with Gasteiger partial charge in [-0.2, -0.15) is 0 Å². The average molecular weight is 337 g/mol. The van der Waals surface area contributed by atoms with Crippen LogP contribution in [0.2, 0.25) is 0 Å². The van der Waals surface area contributed by atoms with Crippen LogP contribution in [0.25, 0.3) is 11.2 Å². The van der Waals surface area contributed by atoms with E-state index in [9.17, 15) is 4.79 Å². The van der Waals surface area contributed by atoms with Gasteiger partial charge in [-0.25, -0.2) is 14.6 Å². The number of hydrogen-bond acceptors (Lipinski definition) is 6. The van der Waals surface area contributed by atoms with Gasteiger partial charge in [0.15, 0.2) is 17.0 Å². The van der Waals surface area contributed by atoms with Gasteiger partial charge in [-0.15, -0.1) is 5.10 Å². The van der Waals surface area contributed by atoms with Crippen LogP contribution in [0.15, 0.2) is 36.7 Å². The summed E-state index contributed by atoms with van der Waals surface area (Å²) in [5.74, 6) is 0.897. The molecule has 0 aliphatic carbocycles. The smallest absolute Gasteiger partial charge is 0.219 e. The molecule has 2 aromatic heterocycles. The Hall–Kier alpha value is -3.03. The van der Waals surface area contributed by atoms with Gasteiger partial charge < -0.3 is 9.80 Å². The molecule has 8 nitrogen and oxygen atoms in total. The van der Waals surface area contributed by atoms with E-state index in [0.717, 1.165) is 30.1 Å². The van der Waals surface area contributed by atoms with Crippen molar-refractivity contribution < 1.29 is 4.79 Å². The molecular formula is C17H19N7O. The molecule has 3 aromatic rings. The van der Waals surface area contributed by atoms with Crippen molar-refractivity contribution in [1.82, 2.24) is 29.9 Å². The first kappa shape index (κ1) is 15.5. The average Bonchev–Trinajstić information content (AvgIpc) is 3.06. The number of carbonyl (C=O) groups is 1. The number of rotatable bonds is 3. The van der Waals surface area contributed by atoms with Crippen LogP contribution < -0.4 is 4.90 Å². The van der Waals surface area contributed by atoms with E-state index in [4.69, 9.17) is 0 Å². The Morgan fingerprint density at radius 2 is 1.84 bits per heavy atom. The molecule has 128 valence electrons. The van der Waals surface area contributed by atoms with E-state index in [1.165, 1.54) is 0 Å². The van der Waals surface area contributed by atoms with Crippen LogP contribution >= 0.6 is 0 Å². The monoisotopic (exact) mass is 337 g/mol. The van der Waals surface area contributed by atoms with E-state index in [0.29, 0.717) is 25.2 Å². The second-order valence-electron chi connectivity index (χ2n) is 6.10. The highest BCUT2D eigenvalue weighted by atomic mass is 16.2. The molecule has 0 bridgehead atoms. The Balaban J connectivity index is 1.60. The molecule has 25 heavy (non-hydrogen) atoms. The highest BCUT2D eigenvalue weighted by Crippen LogP contribution is 2.22. The number of benzene rings is 1. The van der Waals surface area contributed by atoms with Crippen molar-refractivity contribution in [3.05, 3.63) is 42.2 Å². The molecule has 0 unspecified atom stereocenters. The molecule has 0 N–H and O–H groups in total. The largest absolute Gasteiger partial charge is 0.351 e. The fourth-order valence-electron chi connectivity index (χ4n) is 3.11. The lowest BCUT2D eigenvalue weighted by molar-refractivity contribution is -0.129. The molecule has 4 rings (SSSR count). The summed E-state index contributed by atoms with van der Waals surface area (Å²) in [4.78, 5) is 24.3. The van der Waals surface area contributed by atoms with Crippen molar-refractivity contribution in [2.45, 2.75) is 13.5 Å². The number of piperazine rings is 1. The minimum atomic E-state index is 0.112. The van der Waals surface area contributed by atoms with Crippen molar-refractivity contribution in [2.24, 2.45) is 0 Å². The molecule has 1 fully saturated rings. The molecule has 1 aromatic carbocycles. The maximum atomic E-state index is 11.5. The van der Waals surface area contributed by atoms with E-state index < -0.39 is 0 Å². The molecule has 0 saturated carbocycles. The van der Waals surface area contributed by atoms with Gasteiger partial charge in [-0.05, 0) is 5.56 Å². The third kappa shape index (κ3) is 3.02. The summed E-state index contributed by atoms with van der Waals surface area (Å²) in [7, 11) is 0. The molecule has 0 spiro atoms. The van der Waals surface area contributed by atoms with Gasteiger partial charge >= 0.3 is 0 Å². The SMILES string of the molecule is CC(=O)N1CCN(c2ncnc3c2nnn3Cc2ccccc2)CC1. The van der Waals surface area contributed by atoms with E-state index in [-0.39, 0.29) is 5.91 Å². The predicted octanol–water partition coefficient (Wildman–Crippen LogP) is 0.938. The zero-order valence-corrected chi connectivity index (χ0v) is 14.0. The summed E-state index contributed by atoms with van der Waals surface area (Å²) >= 11 is 0. The van der Waals surface area contributed by atoms with Gasteiger partial charge in [0.05, 0.1) is 6.54 Å². The van der Waals surface area contributed by atoms with E-state index >= 15 is 0 Å². The quantitative estimate of drug-likeness (QED) is 0.708. The summed E-state index contributed by atoms with van der Waals surface area (Å²) in [5, 5.41) is 8.57. The number of amides is 1. The first-order chi connectivity index (χ1) is 12.2. The van der Waals surface area contributed by atoms with Crippen LogP contribution in [0.4, 0.5) is 5.82 Å². The standard InChI is InChI=1S/C17H19N7O/c1-13(25)22-7-9-23(10-8-22)16-15-17(19-12-18-16)24(21-20-15)11-14-5-3-2-4-6-14/h2-6,12H,7-11H2,1H3. The van der Waals surface area contributed by atoms with Crippen molar-refractivity contribution in [1.29, 1.82) is 0 Å². The molecule has 0 atom stereocenters. The normalized spacial score (nSPS) is 14.9. The maximum absolute atomic E-state index is 11.5. The van der Waals surface area contributed by atoms with Crippen molar-refractivity contribution in [3.63, 3.8) is 0 Å². The minimum Gasteiger partial charge on any atom is -0.351 e. The zero-order valence-electron chi connectivity index (χ0n) is 14.0. The van der Waals surface area contributed by atoms with Crippen LogP contribution in [-0.2, 0) is 11.3 Å². The molecule has 1 saturated heterocycles. The van der Waals surface area contributed by atoms with Gasteiger partial charge in [0.1, 0.15) is 6.33 Å². The number of carbonyl (C=O) groups excluding carboxylic acids is 1. The van der Waals surface area contributed by atoms with Gasteiger partial charge in [0.25, 0.3) is 0 Å². The summed E-state index contributed by atoms with van der Waals surface area (Å²) < 4.78 is 1.79. The third-order valence-corrected chi connectivity index (χ3v) is 4.48. The van der Waals surface area contributed by atoms with Crippen molar-refractivity contribution >= 4 is 22.9 Å². The van der Waals surface area contributed by atoms with Crippen LogP contribution in [-0.4, -0.2) is 61.9 Å². The highest BCUT2D eigenvalue weighted by molar-refractivity contribution is 5.83. The second kappa shape index (κ2) is 6.46. The first-order valence-corrected chi connectivity index (χ1v) is 8.31.